The predicted octanol–water partition coefficient (Wildman–Crippen LogP) is 3.59. The summed E-state index contributed by atoms with van der Waals surface area (Å²) in [5.41, 5.74) is 3.27. The molecule has 0 aliphatic carbocycles. The molecule has 0 amide bonds. The molecule has 106 valence electrons. The number of rotatable bonds is 3. The number of fused-ring (bicyclic) bond motifs is 1. The van der Waals surface area contributed by atoms with Crippen molar-refractivity contribution in [3.8, 4) is 17.7 Å². The van der Waals surface area contributed by atoms with E-state index in [1.807, 2.05) is 32.0 Å². The molecule has 21 heavy (non-hydrogen) atoms. The van der Waals surface area contributed by atoms with E-state index >= 15 is 0 Å². The molecule has 0 bridgehead atoms. The van der Waals surface area contributed by atoms with Crippen molar-refractivity contribution in [2.45, 2.75) is 33.7 Å². The summed E-state index contributed by atoms with van der Waals surface area (Å²) < 4.78 is 7.84. The molecular formula is C16H16N4O. The Morgan fingerprint density at radius 3 is 2.71 bits per heavy atom. The first-order valence-corrected chi connectivity index (χ1v) is 6.98. The molecule has 0 radical (unpaired) electrons. The van der Waals surface area contributed by atoms with Crippen molar-refractivity contribution in [3.63, 3.8) is 0 Å². The van der Waals surface area contributed by atoms with Crippen LogP contribution in [0.2, 0.25) is 0 Å². The van der Waals surface area contributed by atoms with Crippen LogP contribution < -0.4 is 0 Å². The van der Waals surface area contributed by atoms with Gasteiger partial charge < -0.3 is 8.98 Å². The van der Waals surface area contributed by atoms with E-state index in [-0.39, 0.29) is 0 Å². The summed E-state index contributed by atoms with van der Waals surface area (Å²) >= 11 is 0. The maximum Gasteiger partial charge on any atom is 0.193 e. The highest BCUT2D eigenvalue weighted by Crippen LogP contribution is 2.28. The monoisotopic (exact) mass is 280 g/mol. The highest BCUT2D eigenvalue weighted by molar-refractivity contribution is 5.81. The summed E-state index contributed by atoms with van der Waals surface area (Å²) in [6.07, 6.45) is 0.991. The first-order valence-electron chi connectivity index (χ1n) is 6.98. The summed E-state index contributed by atoms with van der Waals surface area (Å²) in [5, 5.41) is 9.03. The van der Waals surface area contributed by atoms with E-state index in [4.69, 9.17) is 9.68 Å². The van der Waals surface area contributed by atoms with Gasteiger partial charge in [0.15, 0.2) is 17.5 Å². The lowest BCUT2D eigenvalue weighted by molar-refractivity contribution is 0.525. The third kappa shape index (κ3) is 2.19. The molecule has 5 nitrogen and oxygen atoms in total. The second-order valence-corrected chi connectivity index (χ2v) is 5.05. The number of aryl methyl sites for hydroxylation is 3. The summed E-state index contributed by atoms with van der Waals surface area (Å²) in [6.45, 7) is 6.72. The van der Waals surface area contributed by atoms with Gasteiger partial charge >= 0.3 is 0 Å². The third-order valence-electron chi connectivity index (χ3n) is 3.43. The first-order chi connectivity index (χ1) is 10.1. The van der Waals surface area contributed by atoms with Gasteiger partial charge in [-0.1, -0.05) is 6.92 Å². The van der Waals surface area contributed by atoms with Gasteiger partial charge in [-0.05, 0) is 31.5 Å². The molecule has 5 heteroatoms. The minimum atomic E-state index is 0.612. The molecule has 3 aromatic rings. The summed E-state index contributed by atoms with van der Waals surface area (Å²) in [4.78, 5) is 8.98. The first kappa shape index (κ1) is 13.4. The van der Waals surface area contributed by atoms with Gasteiger partial charge in [-0.25, -0.2) is 9.97 Å². The van der Waals surface area contributed by atoms with Crippen LogP contribution in [0.1, 0.15) is 30.5 Å². The van der Waals surface area contributed by atoms with E-state index < -0.39 is 0 Å². The minimum absolute atomic E-state index is 0.612. The number of aromatic nitrogens is 3. The zero-order valence-electron chi connectivity index (χ0n) is 12.3. The maximum absolute atomic E-state index is 9.03. The lowest BCUT2D eigenvalue weighted by Gasteiger charge is -2.05. The summed E-state index contributed by atoms with van der Waals surface area (Å²) in [5.74, 6) is 2.12. The van der Waals surface area contributed by atoms with Gasteiger partial charge in [-0.2, -0.15) is 5.26 Å². The molecule has 2 aromatic heterocycles. The predicted molar refractivity (Wildman–Crippen MR) is 79.7 cm³/mol. The second kappa shape index (κ2) is 5.06. The zero-order chi connectivity index (χ0) is 15.0. The van der Waals surface area contributed by atoms with Crippen LogP contribution >= 0.6 is 0 Å². The van der Waals surface area contributed by atoms with Gasteiger partial charge in [-0.15, -0.1) is 0 Å². The molecule has 0 aliphatic rings. The van der Waals surface area contributed by atoms with Crippen LogP contribution in [-0.2, 0) is 6.54 Å². The normalized spacial score (nSPS) is 11.0. The van der Waals surface area contributed by atoms with Crippen molar-refractivity contribution in [1.82, 2.24) is 14.5 Å². The Labute approximate surface area is 122 Å². The number of hydrogen-bond acceptors (Lipinski definition) is 4. The van der Waals surface area contributed by atoms with Gasteiger partial charge in [-0.3, -0.25) is 0 Å². The number of oxazole rings is 1. The third-order valence-corrected chi connectivity index (χ3v) is 3.43. The standard InChI is InChI=1S/C16H16N4O/c1-4-7-20-14-6-5-12(9-17)8-13(14)19-16(20)15-10(2)18-11(3)21-15/h5-6,8H,4,7H2,1-3H3. The van der Waals surface area contributed by atoms with Crippen LogP contribution in [0.5, 0.6) is 0 Å². The quantitative estimate of drug-likeness (QED) is 0.735. The molecule has 0 fully saturated rings. The molecule has 0 saturated heterocycles. The lowest BCUT2D eigenvalue weighted by atomic mass is 10.2. The summed E-state index contributed by atoms with van der Waals surface area (Å²) in [6, 6.07) is 7.72. The maximum atomic E-state index is 9.03. The fourth-order valence-corrected chi connectivity index (χ4v) is 2.56. The topological polar surface area (TPSA) is 67.6 Å². The Hall–Kier alpha value is -2.61. The Morgan fingerprint density at radius 1 is 1.29 bits per heavy atom. The smallest absolute Gasteiger partial charge is 0.193 e. The Balaban J connectivity index is 2.28. The average Bonchev–Trinajstić information content (AvgIpc) is 2.99. The van der Waals surface area contributed by atoms with Crippen molar-refractivity contribution in [3.05, 3.63) is 35.3 Å². The van der Waals surface area contributed by atoms with Crippen molar-refractivity contribution >= 4 is 11.0 Å². The second-order valence-electron chi connectivity index (χ2n) is 5.05. The fourth-order valence-electron chi connectivity index (χ4n) is 2.56. The van der Waals surface area contributed by atoms with Crippen molar-refractivity contribution < 1.29 is 4.42 Å². The van der Waals surface area contributed by atoms with Crippen molar-refractivity contribution in [2.24, 2.45) is 0 Å². The van der Waals surface area contributed by atoms with E-state index in [0.29, 0.717) is 17.2 Å². The van der Waals surface area contributed by atoms with E-state index in [9.17, 15) is 0 Å². The van der Waals surface area contributed by atoms with Gasteiger partial charge in [0.2, 0.25) is 0 Å². The molecule has 0 saturated carbocycles. The highest BCUT2D eigenvalue weighted by atomic mass is 16.4. The van der Waals surface area contributed by atoms with Gasteiger partial charge in [0.05, 0.1) is 28.4 Å². The molecule has 0 spiro atoms. The molecular weight excluding hydrogens is 264 g/mol. The molecule has 0 N–H and O–H groups in total. The Kier molecular flexibility index (Phi) is 3.22. The van der Waals surface area contributed by atoms with Gasteiger partial charge in [0.1, 0.15) is 0 Å². The molecule has 0 unspecified atom stereocenters. The summed E-state index contributed by atoms with van der Waals surface area (Å²) in [7, 11) is 0. The highest BCUT2D eigenvalue weighted by Gasteiger charge is 2.18. The zero-order valence-corrected chi connectivity index (χ0v) is 12.3. The van der Waals surface area contributed by atoms with Crippen LogP contribution in [0.3, 0.4) is 0 Å². The molecule has 0 atom stereocenters. The lowest BCUT2D eigenvalue weighted by Crippen LogP contribution is -1.99. The number of benzene rings is 1. The minimum Gasteiger partial charge on any atom is -0.437 e. The fraction of sp³-hybridized carbons (Fsp3) is 0.312. The largest absolute Gasteiger partial charge is 0.437 e. The van der Waals surface area contributed by atoms with Crippen molar-refractivity contribution in [1.29, 1.82) is 5.26 Å². The molecule has 2 heterocycles. The van der Waals surface area contributed by atoms with Crippen LogP contribution in [-0.4, -0.2) is 14.5 Å². The average molecular weight is 280 g/mol. The van der Waals surface area contributed by atoms with Gasteiger partial charge in [0.25, 0.3) is 0 Å². The molecule has 1 aromatic carbocycles. The van der Waals surface area contributed by atoms with Gasteiger partial charge in [0, 0.05) is 13.5 Å². The van der Waals surface area contributed by atoms with Crippen LogP contribution in [0.25, 0.3) is 22.6 Å². The molecule has 0 aliphatic heterocycles. The van der Waals surface area contributed by atoms with Crippen LogP contribution in [0.15, 0.2) is 22.6 Å². The van der Waals surface area contributed by atoms with E-state index in [2.05, 4.69) is 27.5 Å². The number of nitriles is 1. The molecule has 3 rings (SSSR count). The SMILES string of the molecule is CCCn1c(-c2oc(C)nc2C)nc2cc(C#N)ccc21. The van der Waals surface area contributed by atoms with Crippen LogP contribution in [0.4, 0.5) is 0 Å². The van der Waals surface area contributed by atoms with E-state index in [1.54, 1.807) is 0 Å². The number of nitrogens with zero attached hydrogens (tertiary/aromatic N) is 4. The van der Waals surface area contributed by atoms with E-state index in [1.165, 1.54) is 0 Å². The van der Waals surface area contributed by atoms with Crippen LogP contribution in [0, 0.1) is 25.2 Å². The number of imidazole rings is 1. The van der Waals surface area contributed by atoms with Crippen molar-refractivity contribution in [2.75, 3.05) is 0 Å². The Morgan fingerprint density at radius 2 is 2.10 bits per heavy atom. The number of hydrogen-bond donors (Lipinski definition) is 0. The Bertz CT molecular complexity index is 851. The van der Waals surface area contributed by atoms with E-state index in [0.717, 1.165) is 35.5 Å².